The second kappa shape index (κ2) is 7.70. The van der Waals surface area contributed by atoms with E-state index in [2.05, 4.69) is 20.2 Å². The monoisotopic (exact) mass is 360 g/mol. The molecule has 0 bridgehead atoms. The third kappa shape index (κ3) is 4.20. The van der Waals surface area contributed by atoms with Crippen LogP contribution in [-0.2, 0) is 0 Å². The fourth-order valence-electron chi connectivity index (χ4n) is 2.89. The third-order valence-electron chi connectivity index (χ3n) is 4.15. The van der Waals surface area contributed by atoms with Crippen molar-refractivity contribution < 1.29 is 9.53 Å². The molecule has 1 aromatic heterocycles. The average Bonchev–Trinajstić information content (AvgIpc) is 2.62. The highest BCUT2D eigenvalue weighted by atomic mass is 35.5. The van der Waals surface area contributed by atoms with Gasteiger partial charge in [-0.25, -0.2) is 9.97 Å². The van der Waals surface area contributed by atoms with Crippen LogP contribution >= 0.6 is 11.6 Å². The second-order valence-corrected chi connectivity index (χ2v) is 6.42. The maximum absolute atomic E-state index is 12.6. The van der Waals surface area contributed by atoms with E-state index in [0.717, 1.165) is 31.7 Å². The zero-order chi connectivity index (χ0) is 17.8. The predicted molar refractivity (Wildman–Crippen MR) is 98.8 cm³/mol. The van der Waals surface area contributed by atoms with Gasteiger partial charge in [-0.05, 0) is 44.4 Å². The summed E-state index contributed by atoms with van der Waals surface area (Å²) in [7, 11) is 1.55. The van der Waals surface area contributed by atoms with Gasteiger partial charge in [-0.1, -0.05) is 11.6 Å². The summed E-state index contributed by atoms with van der Waals surface area (Å²) in [6.07, 6.45) is 3.54. The number of hydrogen-bond acceptors (Lipinski definition) is 5. The molecule has 1 aliphatic heterocycles. The van der Waals surface area contributed by atoms with Crippen molar-refractivity contribution in [2.45, 2.75) is 26.2 Å². The zero-order valence-electron chi connectivity index (χ0n) is 14.4. The van der Waals surface area contributed by atoms with Crippen molar-refractivity contribution in [3.05, 3.63) is 40.8 Å². The Morgan fingerprint density at radius 3 is 2.64 bits per heavy atom. The van der Waals surface area contributed by atoms with Crippen LogP contribution in [0.15, 0.2) is 24.3 Å². The molecular formula is C18H21ClN4O2. The van der Waals surface area contributed by atoms with Gasteiger partial charge in [0.05, 0.1) is 12.1 Å². The van der Waals surface area contributed by atoms with Crippen molar-refractivity contribution in [3.8, 4) is 5.75 Å². The van der Waals surface area contributed by atoms with E-state index in [1.165, 1.54) is 6.42 Å². The van der Waals surface area contributed by atoms with Crippen LogP contribution in [0.4, 0.5) is 11.5 Å². The SMILES string of the molecule is COc1ccc(NC(=O)c2cc(N3CCCCC3)nc(C)n2)cc1Cl. The fourth-order valence-corrected chi connectivity index (χ4v) is 3.15. The highest BCUT2D eigenvalue weighted by molar-refractivity contribution is 6.32. The van der Waals surface area contributed by atoms with Gasteiger partial charge in [0.1, 0.15) is 23.1 Å². The third-order valence-corrected chi connectivity index (χ3v) is 4.44. The van der Waals surface area contributed by atoms with Crippen LogP contribution in [0.3, 0.4) is 0 Å². The van der Waals surface area contributed by atoms with Gasteiger partial charge in [0.2, 0.25) is 0 Å². The number of amides is 1. The van der Waals surface area contributed by atoms with Crippen LogP contribution < -0.4 is 15.0 Å². The van der Waals surface area contributed by atoms with Crippen molar-refractivity contribution in [2.75, 3.05) is 30.4 Å². The van der Waals surface area contributed by atoms with E-state index < -0.39 is 0 Å². The Labute approximate surface area is 152 Å². The van der Waals surface area contributed by atoms with E-state index in [0.29, 0.717) is 28.0 Å². The molecule has 7 heteroatoms. The Morgan fingerprint density at radius 1 is 1.20 bits per heavy atom. The van der Waals surface area contributed by atoms with E-state index in [1.807, 2.05) is 0 Å². The molecule has 2 aromatic rings. The van der Waals surface area contributed by atoms with Gasteiger partial charge in [0.25, 0.3) is 5.91 Å². The number of aromatic nitrogens is 2. The van der Waals surface area contributed by atoms with Crippen molar-refractivity contribution in [1.29, 1.82) is 0 Å². The first-order valence-electron chi connectivity index (χ1n) is 8.32. The number of nitrogens with one attached hydrogen (secondary N) is 1. The normalized spacial score (nSPS) is 14.3. The quantitative estimate of drug-likeness (QED) is 0.900. The smallest absolute Gasteiger partial charge is 0.274 e. The molecule has 1 N–H and O–H groups in total. The Morgan fingerprint density at radius 2 is 1.96 bits per heavy atom. The number of piperidine rings is 1. The summed E-state index contributed by atoms with van der Waals surface area (Å²) in [6.45, 7) is 3.73. The highest BCUT2D eigenvalue weighted by Crippen LogP contribution is 2.27. The molecule has 25 heavy (non-hydrogen) atoms. The Kier molecular flexibility index (Phi) is 5.38. The molecule has 0 saturated carbocycles. The van der Waals surface area contributed by atoms with Crippen LogP contribution in [0.5, 0.6) is 5.75 Å². The molecule has 0 spiro atoms. The summed E-state index contributed by atoms with van der Waals surface area (Å²) in [4.78, 5) is 23.5. The lowest BCUT2D eigenvalue weighted by atomic mass is 10.1. The number of benzene rings is 1. The van der Waals surface area contributed by atoms with Gasteiger partial charge in [0.15, 0.2) is 0 Å². The molecule has 1 fully saturated rings. The number of methoxy groups -OCH3 is 1. The molecule has 1 aromatic carbocycles. The average molecular weight is 361 g/mol. The van der Waals surface area contributed by atoms with Crippen molar-refractivity contribution in [1.82, 2.24) is 9.97 Å². The molecule has 1 saturated heterocycles. The molecule has 3 rings (SSSR count). The van der Waals surface area contributed by atoms with E-state index in [9.17, 15) is 4.79 Å². The van der Waals surface area contributed by atoms with Gasteiger partial charge in [-0.2, -0.15) is 0 Å². The lowest BCUT2D eigenvalue weighted by Crippen LogP contribution is -2.31. The van der Waals surface area contributed by atoms with Crippen molar-refractivity contribution in [3.63, 3.8) is 0 Å². The molecule has 1 amide bonds. The van der Waals surface area contributed by atoms with Crippen LogP contribution in [0.25, 0.3) is 0 Å². The number of ether oxygens (including phenoxy) is 1. The highest BCUT2D eigenvalue weighted by Gasteiger charge is 2.17. The molecule has 0 unspecified atom stereocenters. The van der Waals surface area contributed by atoms with E-state index >= 15 is 0 Å². The van der Waals surface area contributed by atoms with Gasteiger partial charge >= 0.3 is 0 Å². The molecule has 2 heterocycles. The summed E-state index contributed by atoms with van der Waals surface area (Å²) in [5, 5.41) is 3.26. The van der Waals surface area contributed by atoms with E-state index in [4.69, 9.17) is 16.3 Å². The van der Waals surface area contributed by atoms with Gasteiger partial charge < -0.3 is 15.0 Å². The Hall–Kier alpha value is -2.34. The topological polar surface area (TPSA) is 67.3 Å². The first kappa shape index (κ1) is 17.5. The van der Waals surface area contributed by atoms with Crippen molar-refractivity contribution >= 4 is 29.0 Å². The van der Waals surface area contributed by atoms with Crippen LogP contribution in [-0.4, -0.2) is 36.1 Å². The number of anilines is 2. The van der Waals surface area contributed by atoms with Gasteiger partial charge in [0, 0.05) is 24.8 Å². The van der Waals surface area contributed by atoms with Gasteiger partial charge in [-0.15, -0.1) is 0 Å². The predicted octanol–water partition coefficient (Wildman–Crippen LogP) is 3.69. The van der Waals surface area contributed by atoms with Crippen molar-refractivity contribution in [2.24, 2.45) is 0 Å². The molecule has 1 aliphatic rings. The largest absolute Gasteiger partial charge is 0.495 e. The minimum atomic E-state index is -0.287. The summed E-state index contributed by atoms with van der Waals surface area (Å²) < 4.78 is 5.12. The second-order valence-electron chi connectivity index (χ2n) is 6.01. The maximum Gasteiger partial charge on any atom is 0.274 e. The fraction of sp³-hybridized carbons (Fsp3) is 0.389. The number of nitrogens with zero attached hydrogens (tertiary/aromatic N) is 3. The number of halogens is 1. The summed E-state index contributed by atoms with van der Waals surface area (Å²) >= 11 is 6.10. The summed E-state index contributed by atoms with van der Waals surface area (Å²) in [6, 6.07) is 6.85. The zero-order valence-corrected chi connectivity index (χ0v) is 15.1. The van der Waals surface area contributed by atoms with Crippen LogP contribution in [0, 0.1) is 6.92 Å². The first-order valence-corrected chi connectivity index (χ1v) is 8.70. The number of hydrogen-bond donors (Lipinski definition) is 1. The first-order chi connectivity index (χ1) is 12.1. The number of aryl methyl sites for hydroxylation is 1. The molecule has 0 atom stereocenters. The molecule has 6 nitrogen and oxygen atoms in total. The number of carbonyl (C=O) groups excluding carboxylic acids is 1. The summed E-state index contributed by atoms with van der Waals surface area (Å²) in [5.41, 5.74) is 0.937. The molecule has 132 valence electrons. The minimum Gasteiger partial charge on any atom is -0.495 e. The van der Waals surface area contributed by atoms with E-state index in [1.54, 1.807) is 38.3 Å². The lowest BCUT2D eigenvalue weighted by Gasteiger charge is -2.28. The maximum atomic E-state index is 12.6. The van der Waals surface area contributed by atoms with Crippen LogP contribution in [0.2, 0.25) is 5.02 Å². The number of rotatable bonds is 4. The Balaban J connectivity index is 1.79. The van der Waals surface area contributed by atoms with Gasteiger partial charge in [-0.3, -0.25) is 4.79 Å². The Bertz CT molecular complexity index is 776. The standard InChI is InChI=1S/C18H21ClN4O2/c1-12-20-15(11-17(21-12)23-8-4-3-5-9-23)18(24)22-13-6-7-16(25-2)14(19)10-13/h6-7,10-11H,3-5,8-9H2,1-2H3,(H,22,24). The minimum absolute atomic E-state index is 0.287. The summed E-state index contributed by atoms with van der Waals surface area (Å²) in [5.74, 6) is 1.67. The van der Waals surface area contributed by atoms with Crippen LogP contribution in [0.1, 0.15) is 35.6 Å². The molecule has 0 radical (unpaired) electrons. The molecule has 0 aliphatic carbocycles. The lowest BCUT2D eigenvalue weighted by molar-refractivity contribution is 0.102. The number of carbonyl (C=O) groups is 1. The molecular weight excluding hydrogens is 340 g/mol. The van der Waals surface area contributed by atoms with E-state index in [-0.39, 0.29) is 5.91 Å².